The van der Waals surface area contributed by atoms with E-state index in [9.17, 15) is 0 Å². The van der Waals surface area contributed by atoms with Gasteiger partial charge in [-0.05, 0) is 0 Å². The van der Waals surface area contributed by atoms with Gasteiger partial charge in [-0.3, -0.25) is 0 Å². The van der Waals surface area contributed by atoms with Crippen LogP contribution in [0.25, 0.3) is 0 Å². The summed E-state index contributed by atoms with van der Waals surface area (Å²) in [5.41, 5.74) is 1.11. The van der Waals surface area contributed by atoms with Gasteiger partial charge in [-0.15, -0.1) is 0 Å². The molecule has 140 valence electrons. The molecule has 2 unspecified atom stereocenters. The third-order valence-electron chi connectivity index (χ3n) is 5.23. The summed E-state index contributed by atoms with van der Waals surface area (Å²) in [7, 11) is 1.63. The maximum atomic E-state index is 5.38. The molecule has 26 heavy (non-hydrogen) atoms. The van der Waals surface area contributed by atoms with Gasteiger partial charge in [0.1, 0.15) is 18.8 Å². The van der Waals surface area contributed by atoms with Crippen molar-refractivity contribution in [2.75, 3.05) is 43.1 Å². The second-order valence-corrected chi connectivity index (χ2v) is 8.27. The molecule has 0 bridgehead atoms. The number of fused-ring (bicyclic) bond motifs is 1. The van der Waals surface area contributed by atoms with Gasteiger partial charge in [0.2, 0.25) is 0 Å². The zero-order chi connectivity index (χ0) is 18.3. The molecule has 2 aliphatic rings. The van der Waals surface area contributed by atoms with Crippen LogP contribution in [-0.4, -0.2) is 53.4 Å². The van der Waals surface area contributed by atoms with Crippen molar-refractivity contribution in [3.05, 3.63) is 23.9 Å². The Hall–Kier alpha value is -2.22. The molecule has 2 saturated heterocycles. The average Bonchev–Trinajstić information content (AvgIpc) is 3.28. The topological polar surface area (TPSA) is 80.4 Å². The van der Waals surface area contributed by atoms with Crippen molar-refractivity contribution in [2.45, 2.75) is 32.8 Å². The van der Waals surface area contributed by atoms with E-state index in [-0.39, 0.29) is 5.41 Å². The van der Waals surface area contributed by atoms with Gasteiger partial charge >= 0.3 is 6.01 Å². The lowest BCUT2D eigenvalue weighted by atomic mass is 9.92. The molecule has 2 atom stereocenters. The summed E-state index contributed by atoms with van der Waals surface area (Å²) >= 11 is 0. The van der Waals surface area contributed by atoms with Gasteiger partial charge in [0.05, 0.1) is 5.69 Å². The zero-order valence-corrected chi connectivity index (χ0v) is 15.8. The fourth-order valence-corrected chi connectivity index (χ4v) is 3.83. The Labute approximate surface area is 153 Å². The number of aromatic nitrogens is 4. The molecule has 0 amide bonds. The molecule has 0 N–H and O–H groups in total. The third-order valence-corrected chi connectivity index (χ3v) is 5.23. The van der Waals surface area contributed by atoms with E-state index < -0.39 is 0 Å². The molecule has 0 spiro atoms. The number of hydrogen-bond acceptors (Lipinski definition) is 8. The normalized spacial score (nSPS) is 22.9. The predicted molar refractivity (Wildman–Crippen MR) is 97.1 cm³/mol. The van der Waals surface area contributed by atoms with Crippen molar-refractivity contribution in [1.82, 2.24) is 20.1 Å². The van der Waals surface area contributed by atoms with Crippen LogP contribution in [0.4, 0.5) is 11.8 Å². The first-order valence-corrected chi connectivity index (χ1v) is 9.08. The minimum Gasteiger partial charge on any atom is -0.377 e. The maximum Gasteiger partial charge on any atom is 0.324 e. The Morgan fingerprint density at radius 2 is 1.81 bits per heavy atom. The first kappa shape index (κ1) is 17.2. The van der Waals surface area contributed by atoms with E-state index in [1.807, 2.05) is 0 Å². The van der Waals surface area contributed by atoms with Crippen molar-refractivity contribution in [2.24, 2.45) is 11.8 Å². The summed E-state index contributed by atoms with van der Waals surface area (Å²) in [4.78, 5) is 17.9. The summed E-state index contributed by atoms with van der Waals surface area (Å²) in [6.07, 6.45) is 1.69. The number of methoxy groups -OCH3 is 1. The molecule has 2 aromatic heterocycles. The van der Waals surface area contributed by atoms with Crippen LogP contribution in [0, 0.1) is 11.8 Å². The summed E-state index contributed by atoms with van der Waals surface area (Å²) in [5, 5.41) is 3.96. The SMILES string of the molecule is COCc1noc(N2CC3CN(c4cc(C(C)(C)C)ncn4)CC3C2)n1. The molecular formula is C18H26N6O2. The van der Waals surface area contributed by atoms with Crippen LogP contribution in [0.2, 0.25) is 0 Å². The van der Waals surface area contributed by atoms with Gasteiger partial charge in [0.25, 0.3) is 0 Å². The monoisotopic (exact) mass is 358 g/mol. The second kappa shape index (κ2) is 6.50. The van der Waals surface area contributed by atoms with Gasteiger partial charge in [0.15, 0.2) is 5.82 Å². The first-order valence-electron chi connectivity index (χ1n) is 9.08. The highest BCUT2D eigenvalue weighted by molar-refractivity contribution is 5.43. The van der Waals surface area contributed by atoms with Crippen LogP contribution in [0.5, 0.6) is 0 Å². The highest BCUT2D eigenvalue weighted by Crippen LogP contribution is 2.35. The quantitative estimate of drug-likeness (QED) is 0.819. The summed E-state index contributed by atoms with van der Waals surface area (Å²) in [5.74, 6) is 2.80. The van der Waals surface area contributed by atoms with Crippen molar-refractivity contribution in [3.8, 4) is 0 Å². The Balaban J connectivity index is 1.42. The van der Waals surface area contributed by atoms with E-state index in [0.29, 0.717) is 30.3 Å². The highest BCUT2D eigenvalue weighted by Gasteiger charge is 2.42. The van der Waals surface area contributed by atoms with E-state index >= 15 is 0 Å². The van der Waals surface area contributed by atoms with Gasteiger partial charge in [-0.25, -0.2) is 9.97 Å². The molecule has 2 fully saturated rings. The molecule has 0 aliphatic carbocycles. The van der Waals surface area contributed by atoms with E-state index in [2.05, 4.69) is 56.7 Å². The summed E-state index contributed by atoms with van der Waals surface area (Å²) in [6.45, 7) is 10.8. The van der Waals surface area contributed by atoms with Gasteiger partial charge in [-0.1, -0.05) is 25.9 Å². The fraction of sp³-hybridized carbons (Fsp3) is 0.667. The largest absolute Gasteiger partial charge is 0.377 e. The molecule has 4 rings (SSSR count). The Morgan fingerprint density at radius 3 is 2.46 bits per heavy atom. The average molecular weight is 358 g/mol. The molecule has 8 nitrogen and oxygen atoms in total. The molecule has 0 saturated carbocycles. The fourth-order valence-electron chi connectivity index (χ4n) is 3.83. The zero-order valence-electron chi connectivity index (χ0n) is 15.8. The lowest BCUT2D eigenvalue weighted by molar-refractivity contribution is 0.174. The minimum absolute atomic E-state index is 0.0297. The number of hydrogen-bond donors (Lipinski definition) is 0. The second-order valence-electron chi connectivity index (χ2n) is 8.27. The smallest absolute Gasteiger partial charge is 0.324 e. The van der Waals surface area contributed by atoms with E-state index in [4.69, 9.17) is 9.26 Å². The van der Waals surface area contributed by atoms with Crippen LogP contribution >= 0.6 is 0 Å². The van der Waals surface area contributed by atoms with Crippen LogP contribution < -0.4 is 9.80 Å². The molecule has 2 aromatic rings. The maximum absolute atomic E-state index is 5.38. The molecule has 2 aliphatic heterocycles. The van der Waals surface area contributed by atoms with E-state index in [0.717, 1.165) is 37.7 Å². The molecule has 0 radical (unpaired) electrons. The number of rotatable bonds is 4. The predicted octanol–water partition coefficient (Wildman–Crippen LogP) is 1.88. The number of ether oxygens (including phenoxy) is 1. The number of nitrogens with zero attached hydrogens (tertiary/aromatic N) is 6. The molecule has 4 heterocycles. The molecular weight excluding hydrogens is 332 g/mol. The van der Waals surface area contributed by atoms with Gasteiger partial charge < -0.3 is 19.1 Å². The third kappa shape index (κ3) is 3.25. The molecule has 8 heteroatoms. The number of anilines is 2. The Kier molecular flexibility index (Phi) is 4.30. The lowest BCUT2D eigenvalue weighted by Crippen LogP contribution is -2.29. The van der Waals surface area contributed by atoms with Crippen LogP contribution in [-0.2, 0) is 16.8 Å². The Morgan fingerprint density at radius 1 is 1.12 bits per heavy atom. The first-order chi connectivity index (χ1) is 12.4. The van der Waals surface area contributed by atoms with Crippen molar-refractivity contribution in [3.63, 3.8) is 0 Å². The summed E-state index contributed by atoms with van der Waals surface area (Å²) < 4.78 is 10.4. The lowest BCUT2D eigenvalue weighted by Gasteiger charge is -2.23. The van der Waals surface area contributed by atoms with Crippen molar-refractivity contribution in [1.29, 1.82) is 0 Å². The minimum atomic E-state index is 0.0297. The Bertz CT molecular complexity index is 757. The van der Waals surface area contributed by atoms with Crippen LogP contribution in [0.15, 0.2) is 16.9 Å². The van der Waals surface area contributed by atoms with Crippen molar-refractivity contribution >= 4 is 11.8 Å². The highest BCUT2D eigenvalue weighted by atomic mass is 16.5. The van der Waals surface area contributed by atoms with Crippen LogP contribution in [0.3, 0.4) is 0 Å². The molecule has 0 aromatic carbocycles. The van der Waals surface area contributed by atoms with Crippen molar-refractivity contribution < 1.29 is 9.26 Å². The van der Waals surface area contributed by atoms with Gasteiger partial charge in [0, 0.05) is 56.6 Å². The van der Waals surface area contributed by atoms with E-state index in [1.54, 1.807) is 13.4 Å². The van der Waals surface area contributed by atoms with Crippen LogP contribution in [0.1, 0.15) is 32.3 Å². The van der Waals surface area contributed by atoms with Gasteiger partial charge in [-0.2, -0.15) is 4.98 Å². The standard InChI is InChI=1S/C18H26N6O2/c1-18(2,3)14-5-16(20-11-19-14)23-6-12-8-24(9-13(12)7-23)17-21-15(10-25-4)22-26-17/h5,11-13H,6-10H2,1-4H3. The van der Waals surface area contributed by atoms with E-state index in [1.165, 1.54) is 0 Å². The summed E-state index contributed by atoms with van der Waals surface area (Å²) in [6, 6.07) is 2.74.